The molecule has 0 bridgehead atoms. The predicted octanol–water partition coefficient (Wildman–Crippen LogP) is 2.34. The average molecular weight is 320 g/mol. The maximum absolute atomic E-state index is 11.9. The van der Waals surface area contributed by atoms with Crippen LogP contribution in [0, 0.1) is 0 Å². The van der Waals surface area contributed by atoms with Crippen molar-refractivity contribution in [3.63, 3.8) is 0 Å². The molecule has 1 aromatic heterocycles. The van der Waals surface area contributed by atoms with Gasteiger partial charge in [0.15, 0.2) is 0 Å². The molecule has 0 saturated carbocycles. The van der Waals surface area contributed by atoms with Gasteiger partial charge in [-0.25, -0.2) is 4.98 Å². The van der Waals surface area contributed by atoms with Gasteiger partial charge in [0.1, 0.15) is 6.54 Å². The zero-order valence-corrected chi connectivity index (χ0v) is 13.3. The molecule has 0 radical (unpaired) electrons. The van der Waals surface area contributed by atoms with Crippen LogP contribution in [0.15, 0.2) is 41.5 Å². The van der Waals surface area contributed by atoms with Crippen molar-refractivity contribution in [2.45, 2.75) is 32.9 Å². The highest BCUT2D eigenvalue weighted by Crippen LogP contribution is 2.14. The van der Waals surface area contributed by atoms with E-state index in [1.54, 1.807) is 6.07 Å². The maximum Gasteiger partial charge on any atom is 0.254 e. The Kier molecular flexibility index (Phi) is 5.33. The Balaban J connectivity index is 1.98. The molecule has 1 N–H and O–H groups in total. The summed E-state index contributed by atoms with van der Waals surface area (Å²) < 4.78 is 1.29. The van der Waals surface area contributed by atoms with Gasteiger partial charge >= 0.3 is 0 Å². The lowest BCUT2D eigenvalue weighted by Crippen LogP contribution is -2.32. The van der Waals surface area contributed by atoms with Crippen molar-refractivity contribution in [1.82, 2.24) is 14.9 Å². The van der Waals surface area contributed by atoms with Crippen LogP contribution in [-0.4, -0.2) is 15.5 Å². The molecule has 0 aliphatic heterocycles. The SMILES string of the molecule is CC(C)c1cc(=O)n(CC(=O)NCc2ccccc2Cl)cn1. The van der Waals surface area contributed by atoms with E-state index in [-0.39, 0.29) is 23.9 Å². The fourth-order valence-electron chi connectivity index (χ4n) is 1.92. The highest BCUT2D eigenvalue weighted by molar-refractivity contribution is 6.31. The number of aromatic nitrogens is 2. The van der Waals surface area contributed by atoms with E-state index in [2.05, 4.69) is 10.3 Å². The summed E-state index contributed by atoms with van der Waals surface area (Å²) in [5.41, 5.74) is 1.32. The van der Waals surface area contributed by atoms with Crippen molar-refractivity contribution in [3.05, 3.63) is 63.3 Å². The van der Waals surface area contributed by atoms with Gasteiger partial charge in [0.2, 0.25) is 5.91 Å². The van der Waals surface area contributed by atoms with Gasteiger partial charge in [0.05, 0.1) is 12.0 Å². The van der Waals surface area contributed by atoms with Crippen LogP contribution in [0.5, 0.6) is 0 Å². The molecule has 0 atom stereocenters. The van der Waals surface area contributed by atoms with E-state index in [0.717, 1.165) is 11.3 Å². The Morgan fingerprint density at radius 3 is 2.73 bits per heavy atom. The van der Waals surface area contributed by atoms with Crippen molar-refractivity contribution in [1.29, 1.82) is 0 Å². The number of amides is 1. The van der Waals surface area contributed by atoms with Crippen molar-refractivity contribution in [2.24, 2.45) is 0 Å². The Bertz CT molecular complexity index is 725. The number of carbonyl (C=O) groups excluding carboxylic acids is 1. The van der Waals surface area contributed by atoms with Gasteiger partial charge in [0, 0.05) is 17.6 Å². The third-order valence-corrected chi connectivity index (χ3v) is 3.61. The van der Waals surface area contributed by atoms with Crippen LogP contribution < -0.4 is 10.9 Å². The average Bonchev–Trinajstić information content (AvgIpc) is 2.48. The number of halogens is 1. The molecule has 2 rings (SSSR count). The summed E-state index contributed by atoms with van der Waals surface area (Å²) >= 11 is 6.02. The number of benzene rings is 1. The quantitative estimate of drug-likeness (QED) is 0.920. The number of rotatable bonds is 5. The predicted molar refractivity (Wildman–Crippen MR) is 85.9 cm³/mol. The molecule has 116 valence electrons. The van der Waals surface area contributed by atoms with Gasteiger partial charge in [-0.2, -0.15) is 0 Å². The number of hydrogen-bond donors (Lipinski definition) is 1. The first-order valence-electron chi connectivity index (χ1n) is 7.04. The fourth-order valence-corrected chi connectivity index (χ4v) is 2.12. The Hall–Kier alpha value is -2.14. The summed E-state index contributed by atoms with van der Waals surface area (Å²) in [6.07, 6.45) is 1.41. The van der Waals surface area contributed by atoms with Crippen LogP contribution in [0.3, 0.4) is 0 Å². The van der Waals surface area contributed by atoms with E-state index in [1.165, 1.54) is 17.0 Å². The van der Waals surface area contributed by atoms with Crippen LogP contribution in [0.4, 0.5) is 0 Å². The molecule has 0 unspecified atom stereocenters. The summed E-state index contributed by atoms with van der Waals surface area (Å²) in [5.74, 6) is -0.0856. The molecule has 1 amide bonds. The lowest BCUT2D eigenvalue weighted by molar-refractivity contribution is -0.121. The summed E-state index contributed by atoms with van der Waals surface area (Å²) in [5, 5.41) is 3.34. The Morgan fingerprint density at radius 2 is 2.09 bits per heavy atom. The molecule has 0 aliphatic rings. The van der Waals surface area contributed by atoms with Crippen LogP contribution in [0.2, 0.25) is 5.02 Å². The van der Waals surface area contributed by atoms with Crippen LogP contribution in [-0.2, 0) is 17.9 Å². The van der Waals surface area contributed by atoms with Gasteiger partial charge in [0.25, 0.3) is 5.56 Å². The Morgan fingerprint density at radius 1 is 1.36 bits per heavy atom. The van der Waals surface area contributed by atoms with E-state index in [1.807, 2.05) is 32.0 Å². The number of nitrogens with one attached hydrogen (secondary N) is 1. The molecule has 0 fully saturated rings. The lowest BCUT2D eigenvalue weighted by Gasteiger charge is -2.09. The van der Waals surface area contributed by atoms with Gasteiger partial charge in [-0.15, -0.1) is 0 Å². The van der Waals surface area contributed by atoms with E-state index in [9.17, 15) is 9.59 Å². The first-order chi connectivity index (χ1) is 10.5. The molecule has 6 heteroatoms. The second-order valence-electron chi connectivity index (χ2n) is 5.30. The van der Waals surface area contributed by atoms with E-state index < -0.39 is 0 Å². The van der Waals surface area contributed by atoms with Gasteiger partial charge in [-0.3, -0.25) is 14.2 Å². The van der Waals surface area contributed by atoms with Crippen molar-refractivity contribution < 1.29 is 4.79 Å². The number of nitrogens with zero attached hydrogens (tertiary/aromatic N) is 2. The van der Waals surface area contributed by atoms with Crippen molar-refractivity contribution in [3.8, 4) is 0 Å². The largest absolute Gasteiger partial charge is 0.350 e. The molecule has 22 heavy (non-hydrogen) atoms. The minimum atomic E-state index is -0.263. The van der Waals surface area contributed by atoms with Crippen LogP contribution in [0.25, 0.3) is 0 Å². The second kappa shape index (κ2) is 7.22. The van der Waals surface area contributed by atoms with Gasteiger partial charge in [-0.1, -0.05) is 43.6 Å². The molecule has 2 aromatic rings. The molecule has 5 nitrogen and oxygen atoms in total. The van der Waals surface area contributed by atoms with Crippen molar-refractivity contribution >= 4 is 17.5 Å². The van der Waals surface area contributed by atoms with E-state index in [0.29, 0.717) is 11.6 Å². The first-order valence-corrected chi connectivity index (χ1v) is 7.41. The number of carbonyl (C=O) groups is 1. The van der Waals surface area contributed by atoms with Gasteiger partial charge in [-0.05, 0) is 17.5 Å². The highest BCUT2D eigenvalue weighted by Gasteiger charge is 2.08. The fraction of sp³-hybridized carbons (Fsp3) is 0.312. The normalized spacial score (nSPS) is 10.7. The standard InChI is InChI=1S/C16H18ClN3O2/c1-11(2)14-7-16(22)20(10-19-14)9-15(21)18-8-12-5-3-4-6-13(12)17/h3-7,10-11H,8-9H2,1-2H3,(H,18,21). The number of hydrogen-bond acceptors (Lipinski definition) is 3. The lowest BCUT2D eigenvalue weighted by atomic mass is 10.1. The minimum absolute atomic E-state index is 0.0609. The summed E-state index contributed by atoms with van der Waals surface area (Å²) in [4.78, 5) is 28.0. The van der Waals surface area contributed by atoms with Crippen molar-refractivity contribution in [2.75, 3.05) is 0 Å². The second-order valence-corrected chi connectivity index (χ2v) is 5.71. The van der Waals surface area contributed by atoms with E-state index >= 15 is 0 Å². The third-order valence-electron chi connectivity index (χ3n) is 3.24. The summed E-state index contributed by atoms with van der Waals surface area (Å²) in [6.45, 7) is 4.18. The first kappa shape index (κ1) is 16.2. The molecular formula is C16H18ClN3O2. The summed E-state index contributed by atoms with van der Waals surface area (Å²) in [6, 6.07) is 8.75. The third kappa shape index (κ3) is 4.18. The Labute approximate surface area is 134 Å². The molecule has 0 aliphatic carbocycles. The molecule has 1 aromatic carbocycles. The molecule has 0 saturated heterocycles. The zero-order valence-electron chi connectivity index (χ0n) is 12.5. The topological polar surface area (TPSA) is 64.0 Å². The van der Waals surface area contributed by atoms with Crippen LogP contribution in [0.1, 0.15) is 31.0 Å². The van der Waals surface area contributed by atoms with E-state index in [4.69, 9.17) is 11.6 Å². The van der Waals surface area contributed by atoms with Gasteiger partial charge < -0.3 is 5.32 Å². The van der Waals surface area contributed by atoms with Crippen LogP contribution >= 0.6 is 11.6 Å². The zero-order chi connectivity index (χ0) is 16.1. The molecule has 0 spiro atoms. The smallest absolute Gasteiger partial charge is 0.254 e. The molecular weight excluding hydrogens is 302 g/mol. The molecule has 1 heterocycles. The monoisotopic (exact) mass is 319 g/mol. The summed E-state index contributed by atoms with van der Waals surface area (Å²) in [7, 11) is 0. The minimum Gasteiger partial charge on any atom is -0.350 e. The highest BCUT2D eigenvalue weighted by atomic mass is 35.5. The maximum atomic E-state index is 11.9.